The van der Waals surface area contributed by atoms with E-state index in [1.165, 1.54) is 0 Å². The molecule has 0 aliphatic carbocycles. The monoisotopic (exact) mass is 355 g/mol. The summed E-state index contributed by atoms with van der Waals surface area (Å²) in [6, 6.07) is 7.99. The number of rotatable bonds is 3. The highest BCUT2D eigenvalue weighted by Crippen LogP contribution is 2.25. The summed E-state index contributed by atoms with van der Waals surface area (Å²) in [7, 11) is 0. The zero-order valence-corrected chi connectivity index (χ0v) is 15.7. The SMILES string of the molecule is Cc1cc(C)cc(-n2nc(C(=O)N3CCC(C(=O)O)C(C)C3)cc2C)c1. The topological polar surface area (TPSA) is 75.4 Å². The van der Waals surface area contributed by atoms with E-state index in [0.29, 0.717) is 25.2 Å². The summed E-state index contributed by atoms with van der Waals surface area (Å²) in [6.07, 6.45) is 0.485. The van der Waals surface area contributed by atoms with Gasteiger partial charge in [-0.25, -0.2) is 4.68 Å². The number of benzene rings is 1. The summed E-state index contributed by atoms with van der Waals surface area (Å²) >= 11 is 0. The second kappa shape index (κ2) is 6.94. The Morgan fingerprint density at radius 2 is 1.77 bits per heavy atom. The van der Waals surface area contributed by atoms with Gasteiger partial charge in [0.05, 0.1) is 11.6 Å². The van der Waals surface area contributed by atoms with Gasteiger partial charge in [-0.15, -0.1) is 0 Å². The number of carboxylic acids is 1. The number of hydrogen-bond acceptors (Lipinski definition) is 3. The standard InChI is InChI=1S/C20H25N3O3/c1-12-7-13(2)9-16(8-12)23-15(4)10-18(21-23)19(24)22-6-5-17(20(25)26)14(3)11-22/h7-10,14,17H,5-6,11H2,1-4H3,(H,25,26). The first-order valence-corrected chi connectivity index (χ1v) is 8.93. The van der Waals surface area contributed by atoms with Crippen LogP contribution in [0.2, 0.25) is 0 Å². The first-order valence-electron chi connectivity index (χ1n) is 8.93. The molecule has 2 atom stereocenters. The number of nitrogens with zero attached hydrogens (tertiary/aromatic N) is 3. The number of aliphatic carboxylic acids is 1. The van der Waals surface area contributed by atoms with Crippen molar-refractivity contribution in [3.05, 3.63) is 46.8 Å². The van der Waals surface area contributed by atoms with Crippen LogP contribution in [-0.2, 0) is 4.79 Å². The van der Waals surface area contributed by atoms with E-state index in [1.54, 1.807) is 15.6 Å². The number of carbonyl (C=O) groups is 2. The molecule has 1 amide bonds. The molecule has 1 N–H and O–H groups in total. The van der Waals surface area contributed by atoms with Crippen LogP contribution in [0.4, 0.5) is 0 Å². The van der Waals surface area contributed by atoms with Crippen LogP contribution < -0.4 is 0 Å². The Hall–Kier alpha value is -2.63. The summed E-state index contributed by atoms with van der Waals surface area (Å²) in [5, 5.41) is 13.8. The summed E-state index contributed by atoms with van der Waals surface area (Å²) in [4.78, 5) is 25.8. The van der Waals surface area contributed by atoms with Crippen LogP contribution >= 0.6 is 0 Å². The van der Waals surface area contributed by atoms with E-state index < -0.39 is 5.97 Å². The smallest absolute Gasteiger partial charge is 0.306 e. The number of aryl methyl sites for hydroxylation is 3. The van der Waals surface area contributed by atoms with Crippen LogP contribution in [0.25, 0.3) is 5.69 Å². The highest BCUT2D eigenvalue weighted by Gasteiger charge is 2.34. The Bertz CT molecular complexity index is 836. The lowest BCUT2D eigenvalue weighted by molar-refractivity contribution is -0.145. The molecule has 1 aromatic heterocycles. The maximum Gasteiger partial charge on any atom is 0.306 e. The third kappa shape index (κ3) is 3.49. The third-order valence-electron chi connectivity index (χ3n) is 5.07. The van der Waals surface area contributed by atoms with Crippen LogP contribution in [0, 0.1) is 32.6 Å². The van der Waals surface area contributed by atoms with Gasteiger partial charge in [0.15, 0.2) is 5.69 Å². The lowest BCUT2D eigenvalue weighted by atomic mass is 9.87. The summed E-state index contributed by atoms with van der Waals surface area (Å²) in [5.41, 5.74) is 4.53. The summed E-state index contributed by atoms with van der Waals surface area (Å²) in [5.74, 6) is -1.35. The highest BCUT2D eigenvalue weighted by molar-refractivity contribution is 5.92. The number of carbonyl (C=O) groups excluding carboxylic acids is 1. The number of aromatic nitrogens is 2. The molecular weight excluding hydrogens is 330 g/mol. The molecule has 2 heterocycles. The number of piperidine rings is 1. The number of amides is 1. The van der Waals surface area contributed by atoms with Crippen molar-refractivity contribution in [1.82, 2.24) is 14.7 Å². The fourth-order valence-electron chi connectivity index (χ4n) is 3.77. The lowest BCUT2D eigenvalue weighted by Crippen LogP contribution is -2.45. The Labute approximate surface area is 153 Å². The molecule has 0 saturated carbocycles. The van der Waals surface area contributed by atoms with E-state index in [9.17, 15) is 14.7 Å². The molecule has 0 bridgehead atoms. The van der Waals surface area contributed by atoms with Gasteiger partial charge in [0, 0.05) is 18.8 Å². The van der Waals surface area contributed by atoms with E-state index in [2.05, 4.69) is 11.2 Å². The molecule has 0 spiro atoms. The zero-order chi connectivity index (χ0) is 19.0. The Morgan fingerprint density at radius 1 is 1.12 bits per heavy atom. The largest absolute Gasteiger partial charge is 0.481 e. The van der Waals surface area contributed by atoms with Gasteiger partial charge < -0.3 is 10.0 Å². The lowest BCUT2D eigenvalue weighted by Gasteiger charge is -2.34. The molecule has 1 saturated heterocycles. The van der Waals surface area contributed by atoms with Gasteiger partial charge in [0.1, 0.15) is 0 Å². The molecular formula is C20H25N3O3. The van der Waals surface area contributed by atoms with Crippen LogP contribution in [0.3, 0.4) is 0 Å². The molecule has 6 nitrogen and oxygen atoms in total. The van der Waals surface area contributed by atoms with Crippen molar-refractivity contribution in [3.8, 4) is 5.69 Å². The average molecular weight is 355 g/mol. The van der Waals surface area contributed by atoms with Crippen molar-refractivity contribution >= 4 is 11.9 Å². The zero-order valence-electron chi connectivity index (χ0n) is 15.7. The van der Waals surface area contributed by atoms with Gasteiger partial charge >= 0.3 is 5.97 Å². The second-order valence-corrected chi connectivity index (χ2v) is 7.39. The summed E-state index contributed by atoms with van der Waals surface area (Å²) < 4.78 is 1.79. The minimum absolute atomic E-state index is 0.0622. The van der Waals surface area contributed by atoms with Gasteiger partial charge in [-0.3, -0.25) is 9.59 Å². The van der Waals surface area contributed by atoms with Crippen molar-refractivity contribution in [1.29, 1.82) is 0 Å². The number of hydrogen-bond donors (Lipinski definition) is 1. The van der Waals surface area contributed by atoms with Crippen LogP contribution in [0.1, 0.15) is 40.7 Å². The molecule has 0 radical (unpaired) electrons. The van der Waals surface area contributed by atoms with Crippen molar-refractivity contribution in [3.63, 3.8) is 0 Å². The fourth-order valence-corrected chi connectivity index (χ4v) is 3.77. The molecule has 1 aromatic carbocycles. The van der Waals surface area contributed by atoms with Gasteiger partial charge in [0.2, 0.25) is 0 Å². The molecule has 2 unspecified atom stereocenters. The van der Waals surface area contributed by atoms with Gasteiger partial charge in [0.25, 0.3) is 5.91 Å². The minimum atomic E-state index is -0.778. The van der Waals surface area contributed by atoms with E-state index in [-0.39, 0.29) is 17.7 Å². The van der Waals surface area contributed by atoms with Crippen LogP contribution in [0.15, 0.2) is 24.3 Å². The predicted octanol–water partition coefficient (Wildman–Crippen LogP) is 2.98. The molecule has 6 heteroatoms. The molecule has 1 aliphatic heterocycles. The quantitative estimate of drug-likeness (QED) is 0.918. The van der Waals surface area contributed by atoms with Crippen LogP contribution in [-0.4, -0.2) is 44.8 Å². The maximum absolute atomic E-state index is 12.9. The first kappa shape index (κ1) is 18.2. The highest BCUT2D eigenvalue weighted by atomic mass is 16.4. The number of likely N-dealkylation sites (tertiary alicyclic amines) is 1. The maximum atomic E-state index is 12.9. The minimum Gasteiger partial charge on any atom is -0.481 e. The van der Waals surface area contributed by atoms with Crippen molar-refractivity contribution < 1.29 is 14.7 Å². The Morgan fingerprint density at radius 3 is 2.35 bits per heavy atom. The first-order chi connectivity index (χ1) is 12.3. The average Bonchev–Trinajstić information content (AvgIpc) is 2.94. The predicted molar refractivity (Wildman–Crippen MR) is 98.6 cm³/mol. The molecule has 2 aromatic rings. The van der Waals surface area contributed by atoms with E-state index >= 15 is 0 Å². The van der Waals surface area contributed by atoms with Gasteiger partial charge in [-0.2, -0.15) is 5.10 Å². The van der Waals surface area contributed by atoms with Crippen molar-refractivity contribution in [2.75, 3.05) is 13.1 Å². The van der Waals surface area contributed by atoms with Crippen molar-refractivity contribution in [2.24, 2.45) is 11.8 Å². The van der Waals surface area contributed by atoms with E-state index in [4.69, 9.17) is 0 Å². The fraction of sp³-hybridized carbons (Fsp3) is 0.450. The molecule has 3 rings (SSSR count). The number of carboxylic acid groups (broad SMARTS) is 1. The molecule has 138 valence electrons. The molecule has 1 aliphatic rings. The second-order valence-electron chi connectivity index (χ2n) is 7.39. The van der Waals surface area contributed by atoms with Crippen molar-refractivity contribution in [2.45, 2.75) is 34.1 Å². The van der Waals surface area contributed by atoms with E-state index in [0.717, 1.165) is 22.5 Å². The van der Waals surface area contributed by atoms with Gasteiger partial charge in [-0.1, -0.05) is 13.0 Å². The van der Waals surface area contributed by atoms with Crippen LogP contribution in [0.5, 0.6) is 0 Å². The molecule has 26 heavy (non-hydrogen) atoms. The Balaban J connectivity index is 1.83. The van der Waals surface area contributed by atoms with E-state index in [1.807, 2.05) is 39.8 Å². The third-order valence-corrected chi connectivity index (χ3v) is 5.07. The Kier molecular flexibility index (Phi) is 4.85. The normalized spacial score (nSPS) is 20.2. The van der Waals surface area contributed by atoms with Gasteiger partial charge in [-0.05, 0) is 62.4 Å². The molecule has 1 fully saturated rings. The summed E-state index contributed by atoms with van der Waals surface area (Å²) in [6.45, 7) is 8.80.